The highest BCUT2D eigenvalue weighted by Gasteiger charge is 2.22. The normalized spacial score (nSPS) is 13.0. The minimum atomic E-state index is -0.412. The van der Waals surface area contributed by atoms with Gasteiger partial charge in [0.05, 0.1) is 17.9 Å². The molecule has 2 aromatic heterocycles. The summed E-state index contributed by atoms with van der Waals surface area (Å²) < 4.78 is 52.8. The Labute approximate surface area is 387 Å². The molecule has 0 amide bonds. The number of nitrogens with zero attached hydrogens (tertiary/aromatic N) is 1. The highest BCUT2D eigenvalue weighted by Crippen LogP contribution is 2.48. The van der Waals surface area contributed by atoms with E-state index < -0.39 is 6.04 Å². The largest absolute Gasteiger partial charge is 0.455 e. The van der Waals surface area contributed by atoms with Crippen molar-refractivity contribution in [2.75, 3.05) is 0 Å². The van der Waals surface area contributed by atoms with Crippen molar-refractivity contribution in [2.45, 2.75) is 0 Å². The number of aromatic nitrogens is 1. The molecule has 0 spiro atoms. The molecule has 2 heteroatoms. The fourth-order valence-corrected chi connectivity index (χ4v) is 10.9. The molecule has 306 valence electrons. The molecule has 14 rings (SSSR count). The number of para-hydroxylation sites is 3. The molecule has 2 nitrogen and oxygen atoms in total. The predicted octanol–water partition coefficient (Wildman–Crippen LogP) is 18.0. The Morgan fingerprint density at radius 3 is 1.27 bits per heavy atom. The van der Waals surface area contributed by atoms with Gasteiger partial charge < -0.3 is 8.98 Å². The highest BCUT2D eigenvalue weighted by atomic mass is 16.3. The molecule has 12 aromatic carbocycles. The molecule has 2 heterocycles. The van der Waals surface area contributed by atoms with Crippen molar-refractivity contribution in [1.82, 2.24) is 4.57 Å². The first-order valence-corrected chi connectivity index (χ1v) is 22.3. The third-order valence-corrected chi connectivity index (χ3v) is 13.7. The third-order valence-electron chi connectivity index (χ3n) is 13.7. The summed E-state index contributed by atoms with van der Waals surface area (Å²) in [4.78, 5) is 0. The Morgan fingerprint density at radius 1 is 0.318 bits per heavy atom. The second kappa shape index (κ2) is 14.4. The zero-order valence-corrected chi connectivity index (χ0v) is 35.5. The molecule has 0 aliphatic carbocycles. The maximum Gasteiger partial charge on any atom is 0.143 e. The second-order valence-corrected chi connectivity index (χ2v) is 17.1. The number of rotatable bonds is 5. The van der Waals surface area contributed by atoms with Gasteiger partial charge >= 0.3 is 0 Å². The van der Waals surface area contributed by atoms with Crippen molar-refractivity contribution in [3.63, 3.8) is 0 Å². The summed E-state index contributed by atoms with van der Waals surface area (Å²) in [6.07, 6.45) is 0. The molecule has 0 unspecified atom stereocenters. The van der Waals surface area contributed by atoms with Gasteiger partial charge in [-0.05, 0) is 113 Å². The highest BCUT2D eigenvalue weighted by molar-refractivity contribution is 6.25. The van der Waals surface area contributed by atoms with Crippen molar-refractivity contribution >= 4 is 86.8 Å². The van der Waals surface area contributed by atoms with Crippen LogP contribution in [-0.4, -0.2) is 4.57 Å². The number of hydrogen-bond acceptors (Lipinski definition) is 1. The molecule has 0 saturated heterocycles. The summed E-state index contributed by atoms with van der Waals surface area (Å²) in [5.74, 6) is 0. The van der Waals surface area contributed by atoms with Gasteiger partial charge in [0, 0.05) is 38.4 Å². The summed E-state index contributed by atoms with van der Waals surface area (Å²) in [6.45, 7) is 0. The zero-order chi connectivity index (χ0) is 47.6. The molecule has 0 aliphatic heterocycles. The minimum Gasteiger partial charge on any atom is -0.455 e. The molecular weight excluding hydrogens is 799 g/mol. The summed E-state index contributed by atoms with van der Waals surface area (Å²) in [6, 6.07) is 71.0. The van der Waals surface area contributed by atoms with Gasteiger partial charge in [0.1, 0.15) is 11.2 Å². The molecule has 0 saturated carbocycles. The zero-order valence-electron chi connectivity index (χ0n) is 40.5. The Morgan fingerprint density at radius 2 is 0.742 bits per heavy atom. The summed E-state index contributed by atoms with van der Waals surface area (Å²) in [5.41, 5.74) is 12.3. The minimum absolute atomic E-state index is 0.186. The van der Waals surface area contributed by atoms with E-state index in [0.29, 0.717) is 5.56 Å². The molecule has 0 atom stereocenters. The molecule has 66 heavy (non-hydrogen) atoms. The summed E-state index contributed by atoms with van der Waals surface area (Å²) in [5, 5.41) is 12.5. The van der Waals surface area contributed by atoms with Crippen LogP contribution in [0.5, 0.6) is 0 Å². The average molecular weight is 843 g/mol. The molecule has 0 fully saturated rings. The van der Waals surface area contributed by atoms with E-state index in [4.69, 9.17) is 11.3 Å². The van der Waals surface area contributed by atoms with Crippen LogP contribution in [0.1, 0.15) is 6.85 Å². The quantitative estimate of drug-likeness (QED) is 0.158. The molecule has 0 bridgehead atoms. The lowest BCUT2D eigenvalue weighted by atomic mass is 9.85. The third kappa shape index (κ3) is 5.36. The van der Waals surface area contributed by atoms with Crippen LogP contribution in [0, 0.1) is 0 Å². The van der Waals surface area contributed by atoms with Crippen LogP contribution < -0.4 is 0 Å². The average Bonchev–Trinajstić information content (AvgIpc) is 3.97. The van der Waals surface area contributed by atoms with Crippen LogP contribution in [0.15, 0.2) is 241 Å². The van der Waals surface area contributed by atoms with Crippen LogP contribution in [0.25, 0.3) is 137 Å². The van der Waals surface area contributed by atoms with Crippen LogP contribution in [0.3, 0.4) is 0 Å². The fraction of sp³-hybridized carbons (Fsp3) is 0. The SMILES string of the molecule is [2H]c1c([2H])c([2H])c(-c2c3ccccc3c(-c3cccc4c3oc3ccc(-c5c6ccccc6c(-c6ccc(-n7c8ccccc8c8ccccc87)cc6)c6ccccc56)cc34)c3ccccc23)c([2H])c1[2H]. The van der Waals surface area contributed by atoms with Gasteiger partial charge in [-0.3, -0.25) is 0 Å². The number of hydrogen-bond donors (Lipinski definition) is 0. The monoisotopic (exact) mass is 842 g/mol. The molecule has 0 radical (unpaired) electrons. The van der Waals surface area contributed by atoms with E-state index in [1.54, 1.807) is 0 Å². The Kier molecular flexibility index (Phi) is 6.99. The Bertz CT molecular complexity index is 4390. The van der Waals surface area contributed by atoms with Gasteiger partial charge in [-0.25, -0.2) is 0 Å². The number of benzene rings is 12. The fourth-order valence-electron chi connectivity index (χ4n) is 10.9. The lowest BCUT2D eigenvalue weighted by molar-refractivity contribution is 0.670. The van der Waals surface area contributed by atoms with Gasteiger partial charge in [-0.2, -0.15) is 0 Å². The van der Waals surface area contributed by atoms with E-state index in [-0.39, 0.29) is 29.7 Å². The topological polar surface area (TPSA) is 18.1 Å². The van der Waals surface area contributed by atoms with Gasteiger partial charge in [0.25, 0.3) is 0 Å². The second-order valence-electron chi connectivity index (χ2n) is 17.1. The first kappa shape index (κ1) is 32.0. The summed E-state index contributed by atoms with van der Waals surface area (Å²) >= 11 is 0. The van der Waals surface area contributed by atoms with Gasteiger partial charge in [0.15, 0.2) is 0 Å². The Balaban J connectivity index is 0.946. The van der Waals surface area contributed by atoms with Crippen molar-refractivity contribution in [2.24, 2.45) is 0 Å². The van der Waals surface area contributed by atoms with Crippen molar-refractivity contribution in [3.05, 3.63) is 236 Å². The van der Waals surface area contributed by atoms with E-state index in [9.17, 15) is 0 Å². The summed E-state index contributed by atoms with van der Waals surface area (Å²) in [7, 11) is 0. The maximum atomic E-state index is 9.01. The molecule has 0 N–H and O–H groups in total. The standard InChI is InChI=1S/C64H39NO/c1-2-17-40(18-3-1)60-50-25-8-10-27-52(50)63(53-28-11-9-26-51(53)60)55-30-16-29-54-56-39-42(35-38-59(56)66-64(54)55)62-48-23-6-4-21-46(48)61(47-22-5-7-24-49(47)62)41-33-36-43(37-34-41)65-57-31-14-12-19-44(57)45-20-13-15-32-58(45)65/h1-39H/i1D,2D,3D,17D,18D. The van der Waals surface area contributed by atoms with Crippen LogP contribution in [0.4, 0.5) is 0 Å². The molecular formula is C64H39NO. The van der Waals surface area contributed by atoms with E-state index in [1.807, 2.05) is 36.4 Å². The predicted molar refractivity (Wildman–Crippen MR) is 280 cm³/mol. The van der Waals surface area contributed by atoms with E-state index in [2.05, 4.69) is 174 Å². The van der Waals surface area contributed by atoms with Crippen LogP contribution in [0.2, 0.25) is 0 Å². The van der Waals surface area contributed by atoms with Crippen LogP contribution >= 0.6 is 0 Å². The van der Waals surface area contributed by atoms with Crippen molar-refractivity contribution in [1.29, 1.82) is 0 Å². The van der Waals surface area contributed by atoms with Crippen LogP contribution in [-0.2, 0) is 0 Å². The lowest BCUT2D eigenvalue weighted by Gasteiger charge is -2.18. The number of fused-ring (bicyclic) bond motifs is 10. The van der Waals surface area contributed by atoms with E-state index in [1.165, 1.54) is 38.1 Å². The Hall–Kier alpha value is -8.72. The maximum absolute atomic E-state index is 9.01. The van der Waals surface area contributed by atoms with E-state index >= 15 is 0 Å². The van der Waals surface area contributed by atoms with Crippen molar-refractivity contribution < 1.29 is 11.3 Å². The number of furan rings is 1. The molecule has 14 aromatic rings. The van der Waals surface area contributed by atoms with Gasteiger partial charge in [0.2, 0.25) is 0 Å². The van der Waals surface area contributed by atoms with Gasteiger partial charge in [-0.15, -0.1) is 0 Å². The molecule has 0 aliphatic rings. The first-order chi connectivity index (χ1) is 34.9. The first-order valence-electron chi connectivity index (χ1n) is 24.8. The van der Waals surface area contributed by atoms with Crippen molar-refractivity contribution in [3.8, 4) is 50.2 Å². The van der Waals surface area contributed by atoms with Gasteiger partial charge in [-0.1, -0.05) is 200 Å². The smallest absolute Gasteiger partial charge is 0.143 e. The lowest BCUT2D eigenvalue weighted by Crippen LogP contribution is -1.94. The van der Waals surface area contributed by atoms with E-state index in [0.717, 1.165) is 87.8 Å².